The molecule has 0 aliphatic rings. The Bertz CT molecular complexity index is 289. The first kappa shape index (κ1) is 22.0. The van der Waals surface area contributed by atoms with Crippen LogP contribution in [0.25, 0.3) is 0 Å². The fourth-order valence-electron chi connectivity index (χ4n) is 0.258. The molecule has 0 aromatic carbocycles. The Kier molecular flexibility index (Phi) is 15.0. The van der Waals surface area contributed by atoms with Gasteiger partial charge in [0.25, 0.3) is 5.78 Å². The van der Waals surface area contributed by atoms with E-state index < -0.39 is 23.3 Å². The molecule has 0 bridgehead atoms. The van der Waals surface area contributed by atoms with Crippen molar-refractivity contribution < 1.29 is 34.6 Å². The van der Waals surface area contributed by atoms with Crippen molar-refractivity contribution in [3.05, 3.63) is 0 Å². The average Bonchev–Trinajstić information content (AvgIpc) is 2.01. The van der Waals surface area contributed by atoms with Crippen LogP contribution in [-0.4, -0.2) is 101 Å². The predicted molar refractivity (Wildman–Crippen MR) is 61.0 cm³/mol. The van der Waals surface area contributed by atoms with Gasteiger partial charge < -0.3 is 20.2 Å². The molecule has 12 heteroatoms. The molecule has 0 unspecified atom stereocenters. The number of aliphatic carboxylic acids is 1. The summed E-state index contributed by atoms with van der Waals surface area (Å²) in [6.07, 6.45) is 0.982. The van der Waals surface area contributed by atoms with E-state index in [-0.39, 0.29) is 51.4 Å². The maximum absolute atomic E-state index is 10.5. The summed E-state index contributed by atoms with van der Waals surface area (Å²) in [4.78, 5) is 32.9. The number of carbonyl (C=O) groups excluding carboxylic acids is 2. The molecule has 0 radical (unpaired) electrons. The van der Waals surface area contributed by atoms with E-state index in [1.165, 1.54) is 0 Å². The number of carboxylic acid groups (broad SMARTS) is 1. The van der Waals surface area contributed by atoms with Crippen molar-refractivity contribution in [3.63, 3.8) is 0 Å². The minimum atomic E-state index is -2.17. The van der Waals surface area contributed by atoms with E-state index in [0.717, 1.165) is 6.08 Å². The van der Waals surface area contributed by atoms with Crippen LogP contribution < -0.4 is 0 Å². The molecule has 0 amide bonds. The third kappa shape index (κ3) is 12.9. The van der Waals surface area contributed by atoms with E-state index in [0.29, 0.717) is 0 Å². The quantitative estimate of drug-likeness (QED) is 0.0802. The van der Waals surface area contributed by atoms with Crippen molar-refractivity contribution >= 4 is 102 Å². The second kappa shape index (κ2) is 10.9. The number of isocyanates is 1. The van der Waals surface area contributed by atoms with Crippen LogP contribution in [0.2, 0.25) is 0 Å². The SMILES string of the molecule is O=C=NC(S)(S)C(=O)C(=O)O.OB(O)O.[KH]. The maximum atomic E-state index is 10.5. The van der Waals surface area contributed by atoms with Crippen LogP contribution in [-0.2, 0) is 14.4 Å². The van der Waals surface area contributed by atoms with Gasteiger partial charge in [-0.05, 0) is 0 Å². The molecule has 0 aliphatic heterocycles. The third-order valence-corrected chi connectivity index (χ3v) is 1.31. The van der Waals surface area contributed by atoms with Crippen molar-refractivity contribution in [2.75, 3.05) is 0 Å². The van der Waals surface area contributed by atoms with Gasteiger partial charge in [0.05, 0.1) is 0 Å². The number of Topliss-reactive ketones (excluding diaryl/α,β-unsaturated/α-hetero) is 1. The number of nitrogens with zero attached hydrogens (tertiary/aromatic N) is 1. The van der Waals surface area contributed by atoms with E-state index in [2.05, 4.69) is 30.2 Å². The molecule has 0 atom stereocenters. The van der Waals surface area contributed by atoms with Gasteiger partial charge in [-0.25, -0.2) is 9.59 Å². The Morgan fingerprint density at radius 2 is 1.56 bits per heavy atom. The van der Waals surface area contributed by atoms with Crippen molar-refractivity contribution in [1.29, 1.82) is 0 Å². The van der Waals surface area contributed by atoms with Gasteiger partial charge in [0.1, 0.15) is 0 Å². The van der Waals surface area contributed by atoms with Crippen molar-refractivity contribution in [3.8, 4) is 0 Å². The van der Waals surface area contributed by atoms with E-state index in [9.17, 15) is 14.4 Å². The Morgan fingerprint density at radius 3 is 1.75 bits per heavy atom. The Hall–Kier alpha value is 0.801. The number of hydrogen-bond donors (Lipinski definition) is 6. The molecule has 16 heavy (non-hydrogen) atoms. The van der Waals surface area contributed by atoms with E-state index in [4.69, 9.17) is 20.2 Å². The summed E-state index contributed by atoms with van der Waals surface area (Å²) < 4.78 is -2.12. The molecule has 0 saturated carbocycles. The van der Waals surface area contributed by atoms with Crippen LogP contribution in [0, 0.1) is 0 Å². The third-order valence-electron chi connectivity index (χ3n) is 0.700. The number of thiol groups is 2. The molecule has 86 valence electrons. The Morgan fingerprint density at radius 1 is 1.25 bits per heavy atom. The van der Waals surface area contributed by atoms with E-state index in [1.807, 2.05) is 0 Å². The van der Waals surface area contributed by atoms with Crippen LogP contribution in [0.3, 0.4) is 0 Å². The Balaban J connectivity index is -0.000000292. The summed E-state index contributed by atoms with van der Waals surface area (Å²) in [7, 11) is -2.17. The second-order valence-corrected chi connectivity index (χ2v) is 3.47. The number of carbonyl (C=O) groups is 2. The van der Waals surface area contributed by atoms with Gasteiger partial charge in [0.2, 0.25) is 10.3 Å². The average molecular weight is 295 g/mol. The zero-order chi connectivity index (χ0) is 12.6. The number of ketones is 1. The fourth-order valence-corrected chi connectivity index (χ4v) is 0.531. The van der Waals surface area contributed by atoms with Gasteiger partial charge in [-0.1, -0.05) is 0 Å². The summed E-state index contributed by atoms with van der Waals surface area (Å²) in [5, 5.41) is 29.6. The molecular weight excluding hydrogens is 288 g/mol. The molecule has 0 aromatic rings. The zero-order valence-corrected chi connectivity index (χ0v) is 8.72. The van der Waals surface area contributed by atoms with Crippen molar-refractivity contribution in [1.82, 2.24) is 0 Å². The van der Waals surface area contributed by atoms with Crippen LogP contribution in [0.5, 0.6) is 0 Å². The van der Waals surface area contributed by atoms with Gasteiger partial charge >= 0.3 is 64.7 Å². The van der Waals surface area contributed by atoms with Gasteiger partial charge in [0, 0.05) is 0 Å². The normalized spacial score (nSPS) is 8.56. The zero-order valence-electron chi connectivity index (χ0n) is 6.93. The molecule has 0 fully saturated rings. The molecule has 0 spiro atoms. The summed E-state index contributed by atoms with van der Waals surface area (Å²) in [5.74, 6) is -3.15. The number of carboxylic acids is 1. The first-order chi connectivity index (χ1) is 6.65. The Labute approximate surface area is 144 Å². The molecule has 0 rings (SSSR count). The summed E-state index contributed by atoms with van der Waals surface area (Å²) in [5.41, 5.74) is 0. The van der Waals surface area contributed by atoms with Crippen LogP contribution in [0.15, 0.2) is 4.99 Å². The number of aliphatic imine (C=N–C) groups is 1. The standard InChI is InChI=1S/C4H3NO4S2.BH3O3.K.H/c6-1-5-4(10,11)2(7)3(8)9;2-1(3)4;;/h10-11H,(H,8,9);2-4H;;. The summed E-state index contributed by atoms with van der Waals surface area (Å²) in [6, 6.07) is 0. The molecule has 0 aromatic heterocycles. The summed E-state index contributed by atoms with van der Waals surface area (Å²) in [6.45, 7) is 0. The van der Waals surface area contributed by atoms with E-state index >= 15 is 0 Å². The number of hydrogen-bond acceptors (Lipinski definition) is 9. The van der Waals surface area contributed by atoms with Gasteiger partial charge in [-0.15, -0.1) is 25.3 Å². The monoisotopic (exact) mass is 295 g/mol. The van der Waals surface area contributed by atoms with E-state index in [1.54, 1.807) is 0 Å². The molecule has 0 saturated heterocycles. The minimum absolute atomic E-state index is 0. The predicted octanol–water partition coefficient (Wildman–Crippen LogP) is -3.21. The van der Waals surface area contributed by atoms with Gasteiger partial charge in [0.15, 0.2) is 0 Å². The van der Waals surface area contributed by atoms with Crippen molar-refractivity contribution in [2.24, 2.45) is 4.99 Å². The first-order valence-corrected chi connectivity index (χ1v) is 3.90. The number of rotatable bonds is 3. The van der Waals surface area contributed by atoms with Gasteiger partial charge in [-0.3, -0.25) is 4.79 Å². The van der Waals surface area contributed by atoms with Crippen molar-refractivity contribution in [2.45, 2.75) is 4.20 Å². The topological polar surface area (TPSA) is 144 Å². The molecule has 0 heterocycles. The van der Waals surface area contributed by atoms with Gasteiger partial charge in [-0.2, -0.15) is 4.99 Å². The molecule has 8 nitrogen and oxygen atoms in total. The molecule has 0 aliphatic carbocycles. The summed E-state index contributed by atoms with van der Waals surface area (Å²) >= 11 is 6.81. The first-order valence-electron chi connectivity index (χ1n) is 3.01. The van der Waals surface area contributed by atoms with Crippen LogP contribution >= 0.6 is 25.3 Å². The molecular formula is C4H7BKNO7S2. The second-order valence-electron chi connectivity index (χ2n) is 1.82. The molecule has 4 N–H and O–H groups in total. The van der Waals surface area contributed by atoms with Crippen LogP contribution in [0.4, 0.5) is 0 Å². The fraction of sp³-hybridized carbons (Fsp3) is 0.250. The van der Waals surface area contributed by atoms with Crippen LogP contribution in [0.1, 0.15) is 0 Å².